The number of aromatic nitrogens is 1. The quantitative estimate of drug-likeness (QED) is 0.772. The number of rotatable bonds is 2. The predicted octanol–water partition coefficient (Wildman–Crippen LogP) is 1.56. The molecule has 0 saturated carbocycles. The molecule has 0 spiro atoms. The van der Waals surface area contributed by atoms with Crippen LogP contribution in [-0.4, -0.2) is 24.2 Å². The Labute approximate surface area is 89.8 Å². The van der Waals surface area contributed by atoms with E-state index in [-0.39, 0.29) is 0 Å². The summed E-state index contributed by atoms with van der Waals surface area (Å²) in [6.45, 7) is 3.66. The van der Waals surface area contributed by atoms with Crippen LogP contribution in [0.2, 0.25) is 0 Å². The third kappa shape index (κ3) is 2.59. The molecule has 0 bridgehead atoms. The topological polar surface area (TPSA) is 60.2 Å². The number of nitrogens with two attached hydrogens (primary N) is 1. The van der Waals surface area contributed by atoms with Gasteiger partial charge in [0, 0.05) is 19.3 Å². The SMILES string of the molecule is Cc1nc(N)ccc1NC1CCOCC1. The van der Waals surface area contributed by atoms with E-state index in [0.29, 0.717) is 11.9 Å². The minimum absolute atomic E-state index is 0.503. The van der Waals surface area contributed by atoms with Crippen molar-refractivity contribution in [1.29, 1.82) is 0 Å². The van der Waals surface area contributed by atoms with Crippen molar-refractivity contribution >= 4 is 11.5 Å². The van der Waals surface area contributed by atoms with Gasteiger partial charge in [0.25, 0.3) is 0 Å². The third-order valence-electron chi connectivity index (χ3n) is 2.69. The van der Waals surface area contributed by atoms with Crippen molar-refractivity contribution in [2.45, 2.75) is 25.8 Å². The van der Waals surface area contributed by atoms with Gasteiger partial charge in [0.2, 0.25) is 0 Å². The molecule has 4 heteroatoms. The van der Waals surface area contributed by atoms with Crippen LogP contribution in [0.3, 0.4) is 0 Å². The Kier molecular flexibility index (Phi) is 3.06. The van der Waals surface area contributed by atoms with Crippen LogP contribution in [0.15, 0.2) is 12.1 Å². The minimum atomic E-state index is 0.503. The Morgan fingerprint density at radius 3 is 2.80 bits per heavy atom. The van der Waals surface area contributed by atoms with Gasteiger partial charge in [0.05, 0.1) is 11.4 Å². The van der Waals surface area contributed by atoms with E-state index < -0.39 is 0 Å². The Bertz CT molecular complexity index is 335. The van der Waals surface area contributed by atoms with Crippen molar-refractivity contribution in [3.8, 4) is 0 Å². The molecule has 3 N–H and O–H groups in total. The average molecular weight is 207 g/mol. The molecule has 1 aliphatic heterocycles. The molecule has 1 aliphatic rings. The molecular weight excluding hydrogens is 190 g/mol. The molecule has 1 aromatic heterocycles. The van der Waals surface area contributed by atoms with Crippen LogP contribution in [0, 0.1) is 6.92 Å². The maximum absolute atomic E-state index is 5.60. The van der Waals surface area contributed by atoms with E-state index in [1.807, 2.05) is 19.1 Å². The minimum Gasteiger partial charge on any atom is -0.384 e. The molecule has 0 radical (unpaired) electrons. The second-order valence-corrected chi connectivity index (χ2v) is 3.90. The normalized spacial score (nSPS) is 17.7. The Balaban J connectivity index is 2.03. The number of hydrogen-bond donors (Lipinski definition) is 2. The van der Waals surface area contributed by atoms with Gasteiger partial charge < -0.3 is 15.8 Å². The highest BCUT2D eigenvalue weighted by Gasteiger charge is 2.14. The van der Waals surface area contributed by atoms with Gasteiger partial charge >= 0.3 is 0 Å². The Morgan fingerprint density at radius 2 is 2.13 bits per heavy atom. The van der Waals surface area contributed by atoms with E-state index in [1.165, 1.54) is 0 Å². The summed E-state index contributed by atoms with van der Waals surface area (Å²) in [6.07, 6.45) is 2.12. The van der Waals surface area contributed by atoms with Gasteiger partial charge in [0.15, 0.2) is 0 Å². The van der Waals surface area contributed by atoms with Crippen molar-refractivity contribution < 1.29 is 4.74 Å². The van der Waals surface area contributed by atoms with E-state index in [0.717, 1.165) is 37.4 Å². The first-order chi connectivity index (χ1) is 7.25. The third-order valence-corrected chi connectivity index (χ3v) is 2.69. The fourth-order valence-corrected chi connectivity index (χ4v) is 1.79. The van der Waals surface area contributed by atoms with Gasteiger partial charge in [-0.3, -0.25) is 0 Å². The van der Waals surface area contributed by atoms with Gasteiger partial charge in [-0.25, -0.2) is 4.98 Å². The lowest BCUT2D eigenvalue weighted by Gasteiger charge is -2.24. The number of pyridine rings is 1. The second kappa shape index (κ2) is 4.49. The number of nitrogens with zero attached hydrogens (tertiary/aromatic N) is 1. The van der Waals surface area contributed by atoms with E-state index in [2.05, 4.69) is 10.3 Å². The van der Waals surface area contributed by atoms with Crippen molar-refractivity contribution in [2.75, 3.05) is 24.3 Å². The van der Waals surface area contributed by atoms with Crippen LogP contribution in [0.1, 0.15) is 18.5 Å². The molecular formula is C11H17N3O. The summed E-state index contributed by atoms with van der Waals surface area (Å²) >= 11 is 0. The summed E-state index contributed by atoms with van der Waals surface area (Å²) in [6, 6.07) is 4.32. The molecule has 1 saturated heterocycles. The van der Waals surface area contributed by atoms with E-state index in [1.54, 1.807) is 0 Å². The largest absolute Gasteiger partial charge is 0.384 e. The van der Waals surface area contributed by atoms with Crippen LogP contribution < -0.4 is 11.1 Å². The van der Waals surface area contributed by atoms with Crippen molar-refractivity contribution in [3.63, 3.8) is 0 Å². The average Bonchev–Trinajstić information content (AvgIpc) is 2.24. The monoisotopic (exact) mass is 207 g/mol. The predicted molar refractivity (Wildman–Crippen MR) is 60.9 cm³/mol. The molecule has 0 atom stereocenters. The molecule has 4 nitrogen and oxygen atoms in total. The highest BCUT2D eigenvalue weighted by molar-refractivity contribution is 5.51. The molecule has 2 heterocycles. The van der Waals surface area contributed by atoms with Crippen molar-refractivity contribution in [1.82, 2.24) is 4.98 Å². The van der Waals surface area contributed by atoms with Crippen molar-refractivity contribution in [2.24, 2.45) is 0 Å². The van der Waals surface area contributed by atoms with Gasteiger partial charge in [-0.15, -0.1) is 0 Å². The standard InChI is InChI=1S/C11H17N3O/c1-8-10(2-3-11(12)13-8)14-9-4-6-15-7-5-9/h2-3,9,14H,4-7H2,1H3,(H2,12,13). The molecule has 1 fully saturated rings. The van der Waals surface area contributed by atoms with Gasteiger partial charge in [-0.2, -0.15) is 0 Å². The van der Waals surface area contributed by atoms with E-state index in [9.17, 15) is 0 Å². The van der Waals surface area contributed by atoms with Crippen molar-refractivity contribution in [3.05, 3.63) is 17.8 Å². The maximum Gasteiger partial charge on any atom is 0.123 e. The van der Waals surface area contributed by atoms with E-state index in [4.69, 9.17) is 10.5 Å². The lowest BCUT2D eigenvalue weighted by atomic mass is 10.1. The first-order valence-electron chi connectivity index (χ1n) is 5.33. The zero-order valence-corrected chi connectivity index (χ0v) is 8.99. The van der Waals surface area contributed by atoms with Gasteiger partial charge in [-0.1, -0.05) is 0 Å². The number of hydrogen-bond acceptors (Lipinski definition) is 4. The summed E-state index contributed by atoms with van der Waals surface area (Å²) < 4.78 is 5.31. The first kappa shape index (κ1) is 10.2. The number of anilines is 2. The van der Waals surface area contributed by atoms with Crippen LogP contribution >= 0.6 is 0 Å². The Hall–Kier alpha value is -1.29. The number of ether oxygens (including phenoxy) is 1. The van der Waals surface area contributed by atoms with E-state index >= 15 is 0 Å². The highest BCUT2D eigenvalue weighted by atomic mass is 16.5. The van der Waals surface area contributed by atoms with Crippen LogP contribution in [-0.2, 0) is 4.74 Å². The summed E-state index contributed by atoms with van der Waals surface area (Å²) in [5.74, 6) is 0.574. The summed E-state index contributed by atoms with van der Waals surface area (Å²) in [5.41, 5.74) is 7.64. The smallest absolute Gasteiger partial charge is 0.123 e. The van der Waals surface area contributed by atoms with Crippen LogP contribution in [0.4, 0.5) is 11.5 Å². The molecule has 2 rings (SSSR count). The summed E-state index contributed by atoms with van der Waals surface area (Å²) in [4.78, 5) is 4.22. The molecule has 82 valence electrons. The maximum atomic E-state index is 5.60. The highest BCUT2D eigenvalue weighted by Crippen LogP contribution is 2.18. The number of nitrogens with one attached hydrogen (secondary N) is 1. The lowest BCUT2D eigenvalue weighted by molar-refractivity contribution is 0.0904. The van der Waals surface area contributed by atoms with Crippen LogP contribution in [0.25, 0.3) is 0 Å². The van der Waals surface area contributed by atoms with Gasteiger partial charge in [0.1, 0.15) is 5.82 Å². The molecule has 0 aromatic carbocycles. The second-order valence-electron chi connectivity index (χ2n) is 3.90. The number of aryl methyl sites for hydroxylation is 1. The molecule has 0 unspecified atom stereocenters. The zero-order valence-electron chi connectivity index (χ0n) is 8.99. The fraction of sp³-hybridized carbons (Fsp3) is 0.545. The van der Waals surface area contributed by atoms with Crippen LogP contribution in [0.5, 0.6) is 0 Å². The zero-order chi connectivity index (χ0) is 10.7. The summed E-state index contributed by atoms with van der Waals surface area (Å²) in [7, 11) is 0. The molecule has 0 aliphatic carbocycles. The van der Waals surface area contributed by atoms with Gasteiger partial charge in [-0.05, 0) is 31.9 Å². The lowest BCUT2D eigenvalue weighted by Crippen LogP contribution is -2.28. The molecule has 15 heavy (non-hydrogen) atoms. The number of nitrogen functional groups attached to an aromatic ring is 1. The summed E-state index contributed by atoms with van der Waals surface area (Å²) in [5, 5.41) is 3.48. The fourth-order valence-electron chi connectivity index (χ4n) is 1.79. The molecule has 1 aromatic rings. The molecule has 0 amide bonds. The first-order valence-corrected chi connectivity index (χ1v) is 5.33. The Morgan fingerprint density at radius 1 is 1.40 bits per heavy atom.